The van der Waals surface area contributed by atoms with Gasteiger partial charge >= 0.3 is 5.97 Å². The van der Waals surface area contributed by atoms with Gasteiger partial charge in [-0.3, -0.25) is 0 Å². The lowest BCUT2D eigenvalue weighted by molar-refractivity contribution is 0.0542. The Morgan fingerprint density at radius 2 is 2.33 bits per heavy atom. The summed E-state index contributed by atoms with van der Waals surface area (Å²) in [5.41, 5.74) is 1.07. The van der Waals surface area contributed by atoms with Gasteiger partial charge in [0.15, 0.2) is 5.69 Å². The Morgan fingerprint density at radius 1 is 1.52 bits per heavy atom. The zero-order chi connectivity index (χ0) is 15.2. The van der Waals surface area contributed by atoms with Crippen LogP contribution in [0.25, 0.3) is 0 Å². The van der Waals surface area contributed by atoms with Crippen LogP contribution in [0.15, 0.2) is 12.7 Å². The van der Waals surface area contributed by atoms with Gasteiger partial charge in [-0.1, -0.05) is 24.3 Å². The highest BCUT2D eigenvalue weighted by molar-refractivity contribution is 5.88. The highest BCUT2D eigenvalue weighted by Gasteiger charge is 2.21. The van der Waals surface area contributed by atoms with Crippen molar-refractivity contribution in [2.24, 2.45) is 0 Å². The van der Waals surface area contributed by atoms with Gasteiger partial charge < -0.3 is 9.64 Å². The Bertz CT molecular complexity index is 498. The topological polar surface area (TPSA) is 60.2 Å². The van der Waals surface area contributed by atoms with Crippen LogP contribution in [0.4, 0.5) is 0 Å². The van der Waals surface area contributed by atoms with Crippen molar-refractivity contribution >= 4 is 5.97 Å². The Morgan fingerprint density at radius 3 is 3.05 bits per heavy atom. The predicted molar refractivity (Wildman–Crippen MR) is 80.1 cm³/mol. The van der Waals surface area contributed by atoms with Crippen molar-refractivity contribution in [3.05, 3.63) is 24.0 Å². The Balaban J connectivity index is 1.93. The molecule has 2 heterocycles. The molecule has 21 heavy (non-hydrogen) atoms. The number of likely N-dealkylation sites (tertiary alicyclic amines) is 1. The van der Waals surface area contributed by atoms with Crippen molar-refractivity contribution in [1.82, 2.24) is 19.9 Å². The molecule has 0 N–H and O–H groups in total. The maximum absolute atomic E-state index is 11.8. The van der Waals surface area contributed by atoms with E-state index in [1.54, 1.807) is 4.68 Å². The van der Waals surface area contributed by atoms with Crippen LogP contribution in [-0.2, 0) is 11.3 Å². The summed E-state index contributed by atoms with van der Waals surface area (Å²) in [6.07, 6.45) is 6.38. The summed E-state index contributed by atoms with van der Waals surface area (Å²) < 4.78 is 6.80. The zero-order valence-corrected chi connectivity index (χ0v) is 12.9. The number of carbonyl (C=O) groups is 1. The number of hydrogen-bond acceptors (Lipinski definition) is 5. The molecule has 0 radical (unpaired) electrons. The molecular formula is C15H24N4O2. The van der Waals surface area contributed by atoms with Gasteiger partial charge in [0.1, 0.15) is 6.61 Å². The van der Waals surface area contributed by atoms with Crippen LogP contribution >= 0.6 is 0 Å². The highest BCUT2D eigenvalue weighted by Crippen LogP contribution is 2.18. The fraction of sp³-hybridized carbons (Fsp3) is 0.667. The zero-order valence-electron chi connectivity index (χ0n) is 12.9. The number of ether oxygens (including phenoxy) is 1. The van der Waals surface area contributed by atoms with Crippen LogP contribution in [0.2, 0.25) is 0 Å². The molecule has 0 bridgehead atoms. The SMILES string of the molecule is C=CCOC(=O)c1nnn(CCC2CCCCN2C)c1C. The molecule has 6 heteroatoms. The molecular weight excluding hydrogens is 268 g/mol. The van der Waals surface area contributed by atoms with Crippen LogP contribution in [-0.4, -0.2) is 52.1 Å². The summed E-state index contributed by atoms with van der Waals surface area (Å²) in [6, 6.07) is 0.596. The summed E-state index contributed by atoms with van der Waals surface area (Å²) in [5.74, 6) is -0.437. The number of rotatable bonds is 6. The van der Waals surface area contributed by atoms with E-state index in [0.29, 0.717) is 11.7 Å². The molecule has 0 aromatic carbocycles. The molecule has 0 spiro atoms. The first-order valence-electron chi connectivity index (χ1n) is 7.51. The van der Waals surface area contributed by atoms with Crippen molar-refractivity contribution in [3.8, 4) is 0 Å². The van der Waals surface area contributed by atoms with E-state index in [4.69, 9.17) is 4.74 Å². The first-order chi connectivity index (χ1) is 10.1. The molecule has 0 amide bonds. The van der Waals surface area contributed by atoms with E-state index in [1.807, 2.05) is 6.92 Å². The molecule has 116 valence electrons. The molecule has 2 rings (SSSR count). The second-order valence-electron chi connectivity index (χ2n) is 5.55. The molecule has 1 aromatic heterocycles. The number of hydrogen-bond donors (Lipinski definition) is 0. The molecule has 1 atom stereocenters. The highest BCUT2D eigenvalue weighted by atomic mass is 16.5. The average Bonchev–Trinajstić information content (AvgIpc) is 2.85. The molecule has 1 fully saturated rings. The van der Waals surface area contributed by atoms with E-state index >= 15 is 0 Å². The van der Waals surface area contributed by atoms with E-state index in [2.05, 4.69) is 28.8 Å². The lowest BCUT2D eigenvalue weighted by Crippen LogP contribution is -2.36. The number of esters is 1. The second kappa shape index (κ2) is 7.36. The molecule has 0 saturated carbocycles. The van der Waals surface area contributed by atoms with Gasteiger partial charge in [0.05, 0.1) is 5.69 Å². The quantitative estimate of drug-likeness (QED) is 0.591. The molecule has 1 saturated heterocycles. The third kappa shape index (κ3) is 3.91. The van der Waals surface area contributed by atoms with E-state index in [0.717, 1.165) is 18.7 Å². The van der Waals surface area contributed by atoms with Gasteiger partial charge in [-0.15, -0.1) is 5.10 Å². The first-order valence-corrected chi connectivity index (χ1v) is 7.51. The Hall–Kier alpha value is -1.69. The van der Waals surface area contributed by atoms with Gasteiger partial charge in [0.2, 0.25) is 0 Å². The minimum Gasteiger partial charge on any atom is -0.457 e. The first kappa shape index (κ1) is 15.7. The summed E-state index contributed by atoms with van der Waals surface area (Å²) in [7, 11) is 2.18. The summed E-state index contributed by atoms with van der Waals surface area (Å²) in [6.45, 7) is 7.51. The van der Waals surface area contributed by atoms with Crippen LogP contribution in [0.5, 0.6) is 0 Å². The van der Waals surface area contributed by atoms with Gasteiger partial charge in [0.25, 0.3) is 0 Å². The maximum Gasteiger partial charge on any atom is 0.361 e. The largest absolute Gasteiger partial charge is 0.457 e. The lowest BCUT2D eigenvalue weighted by atomic mass is 10.0. The summed E-state index contributed by atoms with van der Waals surface area (Å²) in [5, 5.41) is 8.02. The second-order valence-corrected chi connectivity index (χ2v) is 5.55. The third-order valence-electron chi connectivity index (χ3n) is 4.10. The van der Waals surface area contributed by atoms with E-state index < -0.39 is 5.97 Å². The summed E-state index contributed by atoms with van der Waals surface area (Å²) in [4.78, 5) is 14.2. The van der Waals surface area contributed by atoms with Crippen molar-refractivity contribution in [3.63, 3.8) is 0 Å². The van der Waals surface area contributed by atoms with Gasteiger partial charge in [0, 0.05) is 12.6 Å². The van der Waals surface area contributed by atoms with Gasteiger partial charge in [-0.05, 0) is 39.8 Å². The van der Waals surface area contributed by atoms with Crippen LogP contribution in [0.3, 0.4) is 0 Å². The van der Waals surface area contributed by atoms with Crippen LogP contribution in [0.1, 0.15) is 41.9 Å². The number of nitrogens with zero attached hydrogens (tertiary/aromatic N) is 4. The van der Waals surface area contributed by atoms with Crippen LogP contribution < -0.4 is 0 Å². The molecule has 6 nitrogen and oxygen atoms in total. The fourth-order valence-corrected chi connectivity index (χ4v) is 2.74. The fourth-order valence-electron chi connectivity index (χ4n) is 2.74. The number of aromatic nitrogens is 3. The minimum absolute atomic E-state index is 0.192. The number of aryl methyl sites for hydroxylation is 1. The number of carbonyl (C=O) groups excluding carboxylic acids is 1. The Kier molecular flexibility index (Phi) is 5.50. The smallest absolute Gasteiger partial charge is 0.361 e. The minimum atomic E-state index is -0.437. The molecule has 1 aliphatic heterocycles. The van der Waals surface area contributed by atoms with E-state index in [-0.39, 0.29) is 6.61 Å². The standard InChI is InChI=1S/C15H24N4O2/c1-4-11-21-15(20)14-12(2)19(17-16-14)10-8-13-7-5-6-9-18(13)3/h4,13H,1,5-11H2,2-3H3. The third-order valence-corrected chi connectivity index (χ3v) is 4.10. The molecule has 0 aliphatic carbocycles. The monoisotopic (exact) mass is 292 g/mol. The lowest BCUT2D eigenvalue weighted by Gasteiger charge is -2.32. The Labute approximate surface area is 125 Å². The van der Waals surface area contributed by atoms with E-state index in [9.17, 15) is 4.79 Å². The summed E-state index contributed by atoms with van der Waals surface area (Å²) >= 11 is 0. The van der Waals surface area contributed by atoms with E-state index in [1.165, 1.54) is 31.9 Å². The average molecular weight is 292 g/mol. The van der Waals surface area contributed by atoms with Crippen molar-refractivity contribution < 1.29 is 9.53 Å². The molecule has 1 aliphatic rings. The molecule has 1 aromatic rings. The van der Waals surface area contributed by atoms with Crippen molar-refractivity contribution in [2.75, 3.05) is 20.2 Å². The normalized spacial score (nSPS) is 19.4. The van der Waals surface area contributed by atoms with Gasteiger partial charge in [-0.2, -0.15) is 0 Å². The predicted octanol–water partition coefficient (Wildman–Crippen LogP) is 1.80. The van der Waals surface area contributed by atoms with Crippen molar-refractivity contribution in [2.45, 2.75) is 45.2 Å². The molecule has 1 unspecified atom stereocenters. The van der Waals surface area contributed by atoms with Gasteiger partial charge in [-0.25, -0.2) is 9.48 Å². The maximum atomic E-state index is 11.8. The number of piperidine rings is 1. The van der Waals surface area contributed by atoms with Crippen molar-refractivity contribution in [1.29, 1.82) is 0 Å². The van der Waals surface area contributed by atoms with Crippen LogP contribution in [0, 0.1) is 6.92 Å².